The Morgan fingerprint density at radius 3 is 2.89 bits per heavy atom. The second kappa shape index (κ2) is 2.58. The molecule has 1 aliphatic rings. The molecule has 0 aromatic heterocycles. The summed E-state index contributed by atoms with van der Waals surface area (Å²) in [4.78, 5) is 3.79. The molecular weight excluding hydrogens is 159 g/mol. The van der Waals surface area contributed by atoms with Crippen LogP contribution < -0.4 is 5.32 Å². The molecule has 1 unspecified atom stereocenters. The Morgan fingerprint density at radius 2 is 2.44 bits per heavy atom. The van der Waals surface area contributed by atoms with E-state index in [1.807, 2.05) is 6.92 Å². The third kappa shape index (κ3) is 1.88. The summed E-state index contributed by atoms with van der Waals surface area (Å²) in [6.45, 7) is 1.88. The van der Waals surface area contributed by atoms with Gasteiger partial charge in [0.1, 0.15) is 5.50 Å². The van der Waals surface area contributed by atoms with Crippen LogP contribution in [0.3, 0.4) is 0 Å². The van der Waals surface area contributed by atoms with Crippen LogP contribution in [0.25, 0.3) is 0 Å². The molecule has 0 aliphatic carbocycles. The lowest BCUT2D eigenvalue weighted by atomic mass is 10.4. The molecule has 0 aromatic carbocycles. The summed E-state index contributed by atoms with van der Waals surface area (Å²) in [5.74, 6) is 0. The molecule has 0 fully saturated rings. The van der Waals surface area contributed by atoms with Crippen molar-refractivity contribution in [3.05, 3.63) is 11.8 Å². The van der Waals surface area contributed by atoms with Crippen LogP contribution in [0, 0.1) is 0 Å². The molecule has 0 amide bonds. The van der Waals surface area contributed by atoms with E-state index in [0.717, 1.165) is 5.70 Å². The fraction of sp³-hybridized carbons (Fsp3) is 0.400. The number of hydrogen-bond acceptors (Lipinski definition) is 2. The van der Waals surface area contributed by atoms with Crippen molar-refractivity contribution in [2.45, 2.75) is 12.4 Å². The van der Waals surface area contributed by atoms with Gasteiger partial charge in [0.25, 0.3) is 0 Å². The van der Waals surface area contributed by atoms with Crippen molar-refractivity contribution in [1.29, 1.82) is 0 Å². The molecule has 9 heavy (non-hydrogen) atoms. The third-order valence-corrected chi connectivity index (χ3v) is 1.34. The second-order valence-electron chi connectivity index (χ2n) is 1.77. The lowest BCUT2D eigenvalue weighted by molar-refractivity contribution is 0.991. The van der Waals surface area contributed by atoms with Crippen LogP contribution in [0.4, 0.5) is 0 Å². The maximum atomic E-state index is 5.62. The molecule has 0 aromatic rings. The minimum atomic E-state index is -0.307. The predicted octanol–water partition coefficient (Wildman–Crippen LogP) is 1.65. The fourth-order valence-corrected chi connectivity index (χ4v) is 1.18. The van der Waals surface area contributed by atoms with Crippen molar-refractivity contribution in [2.75, 3.05) is 0 Å². The first kappa shape index (κ1) is 6.90. The summed E-state index contributed by atoms with van der Waals surface area (Å²) in [7, 11) is 0. The van der Waals surface area contributed by atoms with E-state index >= 15 is 0 Å². The normalized spacial score (nSPS) is 26.3. The molecule has 1 rings (SSSR count). The Kier molecular flexibility index (Phi) is 1.98. The Balaban J connectivity index is 2.69. The Bertz CT molecular complexity index is 156. The molecule has 0 saturated heterocycles. The molecule has 0 bridgehead atoms. The van der Waals surface area contributed by atoms with Crippen LogP contribution in [0.15, 0.2) is 16.8 Å². The van der Waals surface area contributed by atoms with Gasteiger partial charge in [-0.15, -0.1) is 0 Å². The van der Waals surface area contributed by atoms with Crippen LogP contribution in [0.5, 0.6) is 0 Å². The molecule has 4 heteroatoms. The monoisotopic (exact) mass is 164 g/mol. The highest BCUT2D eigenvalue weighted by Gasteiger charge is 2.06. The lowest BCUT2D eigenvalue weighted by Gasteiger charge is -2.11. The topological polar surface area (TPSA) is 24.4 Å². The maximum absolute atomic E-state index is 5.62. The highest BCUT2D eigenvalue weighted by molar-refractivity contribution is 6.65. The summed E-state index contributed by atoms with van der Waals surface area (Å²) in [5, 5.41) is 3.16. The second-order valence-corrected chi connectivity index (χ2v) is 2.57. The van der Waals surface area contributed by atoms with Gasteiger partial charge in [-0.3, -0.25) is 0 Å². The summed E-state index contributed by atoms with van der Waals surface area (Å²) in [5.41, 5.74) is 0.633. The number of nitrogens with one attached hydrogen (secondary N) is 1. The zero-order chi connectivity index (χ0) is 6.85. The van der Waals surface area contributed by atoms with Gasteiger partial charge in [-0.1, -0.05) is 11.6 Å². The SMILES string of the molecule is CC1=CC(Cl)N=C(Cl)N1. The smallest absolute Gasteiger partial charge is 0.197 e. The number of amidine groups is 1. The molecule has 50 valence electrons. The van der Waals surface area contributed by atoms with Gasteiger partial charge in [0.2, 0.25) is 0 Å². The first-order valence-electron chi connectivity index (χ1n) is 2.51. The molecule has 1 aliphatic heterocycles. The number of alkyl halides is 1. The van der Waals surface area contributed by atoms with Crippen LogP contribution in [0.2, 0.25) is 0 Å². The third-order valence-electron chi connectivity index (χ3n) is 0.925. The number of aliphatic imine (C=N–C) groups is 1. The van der Waals surface area contributed by atoms with Crippen molar-refractivity contribution in [2.24, 2.45) is 4.99 Å². The Labute approximate surface area is 63.6 Å². The summed E-state index contributed by atoms with van der Waals surface area (Å²) in [6.07, 6.45) is 1.79. The van der Waals surface area contributed by atoms with Gasteiger partial charge in [-0.05, 0) is 24.6 Å². The quantitative estimate of drug-likeness (QED) is 0.428. The summed E-state index contributed by atoms with van der Waals surface area (Å²) >= 11 is 11.1. The minimum absolute atomic E-state index is 0.307. The number of hydrogen-bond donors (Lipinski definition) is 1. The van der Waals surface area contributed by atoms with E-state index in [1.165, 1.54) is 0 Å². The van der Waals surface area contributed by atoms with Gasteiger partial charge in [-0.25, -0.2) is 4.99 Å². The largest absolute Gasteiger partial charge is 0.335 e. The number of halogens is 2. The number of nitrogens with zero attached hydrogens (tertiary/aromatic N) is 1. The lowest BCUT2D eigenvalue weighted by Crippen LogP contribution is -2.21. The van der Waals surface area contributed by atoms with E-state index < -0.39 is 0 Å². The molecule has 0 spiro atoms. The number of rotatable bonds is 0. The molecule has 0 radical (unpaired) electrons. The molecule has 1 atom stereocenters. The Morgan fingerprint density at radius 1 is 1.78 bits per heavy atom. The van der Waals surface area contributed by atoms with Crippen LogP contribution in [-0.2, 0) is 0 Å². The summed E-state index contributed by atoms with van der Waals surface area (Å²) in [6, 6.07) is 0. The molecule has 1 heterocycles. The average molecular weight is 165 g/mol. The summed E-state index contributed by atoms with van der Waals surface area (Å²) < 4.78 is 0. The van der Waals surface area contributed by atoms with Crippen LogP contribution in [-0.4, -0.2) is 10.8 Å². The fourth-order valence-electron chi connectivity index (χ4n) is 0.588. The molecule has 0 saturated carbocycles. The van der Waals surface area contributed by atoms with Gasteiger partial charge in [0.15, 0.2) is 5.29 Å². The first-order valence-corrected chi connectivity index (χ1v) is 3.33. The van der Waals surface area contributed by atoms with Crippen molar-refractivity contribution in [3.8, 4) is 0 Å². The van der Waals surface area contributed by atoms with Gasteiger partial charge < -0.3 is 5.32 Å². The van der Waals surface area contributed by atoms with Gasteiger partial charge >= 0.3 is 0 Å². The number of allylic oxidation sites excluding steroid dienone is 1. The van der Waals surface area contributed by atoms with Crippen molar-refractivity contribution in [3.63, 3.8) is 0 Å². The zero-order valence-electron chi connectivity index (χ0n) is 4.86. The van der Waals surface area contributed by atoms with E-state index in [0.29, 0.717) is 5.29 Å². The maximum Gasteiger partial charge on any atom is 0.197 e. The van der Waals surface area contributed by atoms with E-state index in [1.54, 1.807) is 6.08 Å². The van der Waals surface area contributed by atoms with Crippen molar-refractivity contribution in [1.82, 2.24) is 5.32 Å². The van der Waals surface area contributed by atoms with Gasteiger partial charge in [0, 0.05) is 5.70 Å². The van der Waals surface area contributed by atoms with E-state index in [-0.39, 0.29) is 5.50 Å². The zero-order valence-corrected chi connectivity index (χ0v) is 6.37. The Hall–Kier alpha value is -0.210. The van der Waals surface area contributed by atoms with E-state index in [4.69, 9.17) is 23.2 Å². The standard InChI is InChI=1S/C5H6Cl2N2/c1-3-2-4(6)9-5(7)8-3/h2,4H,1H3,(H,8,9). The van der Waals surface area contributed by atoms with Crippen molar-refractivity contribution >= 4 is 28.5 Å². The van der Waals surface area contributed by atoms with Gasteiger partial charge in [0.05, 0.1) is 0 Å². The highest BCUT2D eigenvalue weighted by Crippen LogP contribution is 2.08. The van der Waals surface area contributed by atoms with Crippen LogP contribution in [0.1, 0.15) is 6.92 Å². The van der Waals surface area contributed by atoms with E-state index in [9.17, 15) is 0 Å². The van der Waals surface area contributed by atoms with Crippen molar-refractivity contribution < 1.29 is 0 Å². The predicted molar refractivity (Wildman–Crippen MR) is 39.8 cm³/mol. The highest BCUT2D eigenvalue weighted by atomic mass is 35.5. The molecule has 2 nitrogen and oxygen atoms in total. The van der Waals surface area contributed by atoms with Gasteiger partial charge in [-0.2, -0.15) is 0 Å². The van der Waals surface area contributed by atoms with Crippen LogP contribution >= 0.6 is 23.2 Å². The minimum Gasteiger partial charge on any atom is -0.335 e. The average Bonchev–Trinajstić information content (AvgIpc) is 1.59. The molecular formula is C5H6Cl2N2. The molecule has 1 N–H and O–H groups in total. The van der Waals surface area contributed by atoms with E-state index in [2.05, 4.69) is 10.3 Å². The first-order chi connectivity index (χ1) is 4.18.